The highest BCUT2D eigenvalue weighted by molar-refractivity contribution is 9.10. The molecule has 0 spiro atoms. The summed E-state index contributed by atoms with van der Waals surface area (Å²) < 4.78 is 12.2. The van der Waals surface area contributed by atoms with Gasteiger partial charge in [0.2, 0.25) is 0 Å². The van der Waals surface area contributed by atoms with Crippen molar-refractivity contribution in [1.82, 2.24) is 0 Å². The Morgan fingerprint density at radius 2 is 1.76 bits per heavy atom. The number of hydrogen-bond acceptors (Lipinski definition) is 3. The molecule has 0 aliphatic heterocycles. The number of benzene rings is 3. The number of carbonyl (C=O) groups is 1. The van der Waals surface area contributed by atoms with Gasteiger partial charge in [0.25, 0.3) is 5.91 Å². The maximum atomic E-state index is 12.6. The normalized spacial score (nSPS) is 10.4. The van der Waals surface area contributed by atoms with Gasteiger partial charge in [-0.25, -0.2) is 0 Å². The molecule has 0 saturated carbocycles. The molecule has 3 aromatic rings. The molecule has 29 heavy (non-hydrogen) atoms. The number of nitrogens with one attached hydrogen (secondary N) is 1. The molecule has 4 nitrogen and oxygen atoms in total. The summed E-state index contributed by atoms with van der Waals surface area (Å²) in [4.78, 5) is 12.6. The smallest absolute Gasteiger partial charge is 0.255 e. The van der Waals surface area contributed by atoms with Crippen LogP contribution in [0.25, 0.3) is 0 Å². The van der Waals surface area contributed by atoms with E-state index < -0.39 is 0 Å². The van der Waals surface area contributed by atoms with Crippen LogP contribution in [0.5, 0.6) is 11.5 Å². The van der Waals surface area contributed by atoms with Crippen LogP contribution < -0.4 is 14.8 Å². The predicted octanol–water partition coefficient (Wildman–Crippen LogP) is 6.11. The Balaban J connectivity index is 1.58. The lowest BCUT2D eigenvalue weighted by atomic mass is 10.1. The van der Waals surface area contributed by atoms with E-state index in [0.29, 0.717) is 30.2 Å². The van der Waals surface area contributed by atoms with E-state index in [0.717, 1.165) is 23.1 Å². The van der Waals surface area contributed by atoms with Crippen molar-refractivity contribution in [3.8, 4) is 11.5 Å². The molecule has 1 N–H and O–H groups in total. The van der Waals surface area contributed by atoms with Gasteiger partial charge < -0.3 is 14.8 Å². The number of hydrogen-bond donors (Lipinski definition) is 1. The molecule has 0 aromatic heterocycles. The molecule has 0 fully saturated rings. The van der Waals surface area contributed by atoms with Crippen LogP contribution in [0.1, 0.15) is 29.3 Å². The van der Waals surface area contributed by atoms with Crippen LogP contribution in [0.3, 0.4) is 0 Å². The minimum atomic E-state index is -0.186. The molecule has 0 unspecified atom stereocenters. The summed E-state index contributed by atoms with van der Waals surface area (Å²) in [6, 6.07) is 22.9. The van der Waals surface area contributed by atoms with E-state index in [1.165, 1.54) is 5.56 Å². The van der Waals surface area contributed by atoms with Gasteiger partial charge in [-0.2, -0.15) is 0 Å². The maximum absolute atomic E-state index is 12.6. The van der Waals surface area contributed by atoms with E-state index in [9.17, 15) is 4.79 Å². The first-order valence-corrected chi connectivity index (χ1v) is 10.5. The fourth-order valence-corrected chi connectivity index (χ4v) is 3.26. The topological polar surface area (TPSA) is 47.6 Å². The molecular formula is C24H24BrNO3. The standard InChI is InChI=1S/C24H24BrNO3/c1-2-14-28-21-10-6-9-20(17-21)26-24(27)19-11-12-23(22(25)16-19)29-15-13-18-7-4-3-5-8-18/h3-12,16-17H,2,13-15H2,1H3,(H,26,27). The Bertz CT molecular complexity index is 944. The molecular weight excluding hydrogens is 430 g/mol. The average molecular weight is 454 g/mol. The molecule has 0 radical (unpaired) electrons. The number of anilines is 1. The van der Waals surface area contributed by atoms with Gasteiger partial charge >= 0.3 is 0 Å². The molecule has 0 heterocycles. The zero-order valence-corrected chi connectivity index (χ0v) is 17.9. The third kappa shape index (κ3) is 6.36. The summed E-state index contributed by atoms with van der Waals surface area (Å²) in [5.41, 5.74) is 2.47. The average Bonchev–Trinajstić information content (AvgIpc) is 2.74. The number of amides is 1. The van der Waals surface area contributed by atoms with Gasteiger partial charge in [0, 0.05) is 23.7 Å². The molecule has 150 valence electrons. The zero-order chi connectivity index (χ0) is 20.5. The quantitative estimate of drug-likeness (QED) is 0.424. The monoisotopic (exact) mass is 453 g/mol. The predicted molar refractivity (Wildman–Crippen MR) is 120 cm³/mol. The lowest BCUT2D eigenvalue weighted by Crippen LogP contribution is -2.12. The Kier molecular flexibility index (Phi) is 7.70. The Hall–Kier alpha value is -2.79. The third-order valence-corrected chi connectivity index (χ3v) is 4.87. The highest BCUT2D eigenvalue weighted by Crippen LogP contribution is 2.27. The van der Waals surface area contributed by atoms with Crippen molar-refractivity contribution in [3.05, 3.63) is 88.4 Å². The van der Waals surface area contributed by atoms with E-state index in [2.05, 4.69) is 40.3 Å². The van der Waals surface area contributed by atoms with E-state index >= 15 is 0 Å². The summed E-state index contributed by atoms with van der Waals surface area (Å²) >= 11 is 3.50. The van der Waals surface area contributed by atoms with E-state index in [1.807, 2.05) is 48.5 Å². The van der Waals surface area contributed by atoms with Crippen molar-refractivity contribution in [3.63, 3.8) is 0 Å². The summed E-state index contributed by atoms with van der Waals surface area (Å²) in [6.45, 7) is 3.27. The zero-order valence-electron chi connectivity index (χ0n) is 16.4. The number of halogens is 1. The first kappa shape index (κ1) is 20.9. The van der Waals surface area contributed by atoms with Gasteiger partial charge in [0.15, 0.2) is 0 Å². The van der Waals surface area contributed by atoms with Crippen LogP contribution in [0, 0.1) is 0 Å². The first-order chi connectivity index (χ1) is 14.2. The third-order valence-electron chi connectivity index (χ3n) is 4.25. The fourth-order valence-electron chi connectivity index (χ4n) is 2.77. The fraction of sp³-hybridized carbons (Fsp3) is 0.208. The molecule has 1 amide bonds. The molecule has 0 aliphatic carbocycles. The first-order valence-electron chi connectivity index (χ1n) is 9.66. The van der Waals surface area contributed by atoms with Crippen molar-refractivity contribution in [2.24, 2.45) is 0 Å². The minimum Gasteiger partial charge on any atom is -0.494 e. The van der Waals surface area contributed by atoms with Crippen LogP contribution in [0.15, 0.2) is 77.3 Å². The van der Waals surface area contributed by atoms with Gasteiger partial charge in [-0.3, -0.25) is 4.79 Å². The lowest BCUT2D eigenvalue weighted by molar-refractivity contribution is 0.102. The van der Waals surface area contributed by atoms with E-state index in [1.54, 1.807) is 12.1 Å². The van der Waals surface area contributed by atoms with Crippen molar-refractivity contribution >= 4 is 27.5 Å². The molecule has 5 heteroatoms. The summed E-state index contributed by atoms with van der Waals surface area (Å²) in [7, 11) is 0. The summed E-state index contributed by atoms with van der Waals surface area (Å²) in [6.07, 6.45) is 1.76. The SMILES string of the molecule is CCCOc1cccc(NC(=O)c2ccc(OCCc3ccccc3)c(Br)c2)c1. The molecule has 0 atom stereocenters. The van der Waals surface area contributed by atoms with Gasteiger partial charge in [0.1, 0.15) is 11.5 Å². The summed E-state index contributed by atoms with van der Waals surface area (Å²) in [5.74, 6) is 1.27. The van der Waals surface area contributed by atoms with Gasteiger partial charge in [-0.05, 0) is 58.2 Å². The Morgan fingerprint density at radius 3 is 2.52 bits per heavy atom. The Labute approximate surface area is 180 Å². The lowest BCUT2D eigenvalue weighted by Gasteiger charge is -2.11. The van der Waals surface area contributed by atoms with E-state index in [4.69, 9.17) is 9.47 Å². The highest BCUT2D eigenvalue weighted by atomic mass is 79.9. The van der Waals surface area contributed by atoms with Crippen molar-refractivity contribution in [2.75, 3.05) is 18.5 Å². The van der Waals surface area contributed by atoms with Gasteiger partial charge in [-0.1, -0.05) is 43.3 Å². The van der Waals surface area contributed by atoms with Crippen LogP contribution >= 0.6 is 15.9 Å². The summed E-state index contributed by atoms with van der Waals surface area (Å²) in [5, 5.41) is 2.91. The molecule has 0 bridgehead atoms. The number of rotatable bonds is 9. The Morgan fingerprint density at radius 1 is 0.931 bits per heavy atom. The second-order valence-corrected chi connectivity index (χ2v) is 7.41. The minimum absolute atomic E-state index is 0.186. The molecule has 0 aliphatic rings. The highest BCUT2D eigenvalue weighted by Gasteiger charge is 2.10. The maximum Gasteiger partial charge on any atom is 0.255 e. The molecule has 0 saturated heterocycles. The van der Waals surface area contributed by atoms with Crippen LogP contribution in [0.4, 0.5) is 5.69 Å². The number of carbonyl (C=O) groups excluding carboxylic acids is 1. The second-order valence-electron chi connectivity index (χ2n) is 6.56. The van der Waals surface area contributed by atoms with Crippen LogP contribution in [-0.2, 0) is 6.42 Å². The number of ether oxygens (including phenoxy) is 2. The van der Waals surface area contributed by atoms with Gasteiger partial charge in [-0.15, -0.1) is 0 Å². The molecule has 3 aromatic carbocycles. The largest absolute Gasteiger partial charge is 0.494 e. The molecule has 3 rings (SSSR count). The van der Waals surface area contributed by atoms with E-state index in [-0.39, 0.29) is 5.91 Å². The van der Waals surface area contributed by atoms with Crippen molar-refractivity contribution in [2.45, 2.75) is 19.8 Å². The van der Waals surface area contributed by atoms with Crippen molar-refractivity contribution < 1.29 is 14.3 Å². The van der Waals surface area contributed by atoms with Crippen molar-refractivity contribution in [1.29, 1.82) is 0 Å². The van der Waals surface area contributed by atoms with Gasteiger partial charge in [0.05, 0.1) is 17.7 Å². The van der Waals surface area contributed by atoms with Crippen LogP contribution in [-0.4, -0.2) is 19.1 Å². The van der Waals surface area contributed by atoms with Crippen LogP contribution in [0.2, 0.25) is 0 Å². The second kappa shape index (κ2) is 10.7.